The number of aromatic nitrogens is 2. The summed E-state index contributed by atoms with van der Waals surface area (Å²) in [7, 11) is 3.14. The van der Waals surface area contributed by atoms with Crippen molar-refractivity contribution >= 4 is 11.0 Å². The van der Waals surface area contributed by atoms with Crippen molar-refractivity contribution in [1.82, 2.24) is 9.97 Å². The minimum absolute atomic E-state index is 0.252. The van der Waals surface area contributed by atoms with Gasteiger partial charge in [0.25, 0.3) is 5.56 Å². The SMILES string of the molecule is COCCOc1cc2ncc(=O)[nH]c2cc1OC. The molecule has 0 aliphatic rings. The smallest absolute Gasteiger partial charge is 0.266 e. The minimum atomic E-state index is -0.252. The fourth-order valence-electron chi connectivity index (χ4n) is 1.56. The molecular weight excluding hydrogens is 236 g/mol. The molecule has 1 N–H and O–H groups in total. The lowest BCUT2D eigenvalue weighted by molar-refractivity contribution is 0.144. The predicted octanol–water partition coefficient (Wildman–Crippen LogP) is 0.957. The summed E-state index contributed by atoms with van der Waals surface area (Å²) in [6.45, 7) is 0.905. The number of ether oxygens (including phenoxy) is 3. The number of aromatic amines is 1. The van der Waals surface area contributed by atoms with Gasteiger partial charge in [0.1, 0.15) is 6.61 Å². The second kappa shape index (κ2) is 5.50. The number of hydrogen-bond acceptors (Lipinski definition) is 5. The highest BCUT2D eigenvalue weighted by atomic mass is 16.5. The van der Waals surface area contributed by atoms with E-state index in [9.17, 15) is 4.79 Å². The number of hydrogen-bond donors (Lipinski definition) is 1. The van der Waals surface area contributed by atoms with E-state index >= 15 is 0 Å². The molecule has 0 atom stereocenters. The monoisotopic (exact) mass is 250 g/mol. The van der Waals surface area contributed by atoms with E-state index in [4.69, 9.17) is 14.2 Å². The highest BCUT2D eigenvalue weighted by Crippen LogP contribution is 2.30. The summed E-state index contributed by atoms with van der Waals surface area (Å²) in [4.78, 5) is 17.9. The fourth-order valence-corrected chi connectivity index (χ4v) is 1.56. The third kappa shape index (κ3) is 2.60. The van der Waals surface area contributed by atoms with Gasteiger partial charge >= 0.3 is 0 Å². The molecule has 2 rings (SSSR count). The van der Waals surface area contributed by atoms with Gasteiger partial charge in [-0.1, -0.05) is 0 Å². The normalized spacial score (nSPS) is 10.6. The maximum atomic E-state index is 11.2. The third-order valence-corrected chi connectivity index (χ3v) is 2.41. The molecule has 96 valence electrons. The predicted molar refractivity (Wildman–Crippen MR) is 66.3 cm³/mol. The molecule has 18 heavy (non-hydrogen) atoms. The number of H-pyrrole nitrogens is 1. The van der Waals surface area contributed by atoms with E-state index in [0.29, 0.717) is 35.7 Å². The van der Waals surface area contributed by atoms with E-state index in [1.54, 1.807) is 26.4 Å². The Labute approximate surface area is 104 Å². The van der Waals surface area contributed by atoms with Crippen molar-refractivity contribution in [1.29, 1.82) is 0 Å². The first-order chi connectivity index (χ1) is 8.74. The summed E-state index contributed by atoms with van der Waals surface area (Å²) in [5.41, 5.74) is 0.999. The van der Waals surface area contributed by atoms with E-state index < -0.39 is 0 Å². The summed E-state index contributed by atoms with van der Waals surface area (Å²) in [5.74, 6) is 1.11. The molecule has 0 amide bonds. The van der Waals surface area contributed by atoms with Crippen LogP contribution in [0.3, 0.4) is 0 Å². The first kappa shape index (κ1) is 12.4. The average Bonchev–Trinajstić information content (AvgIpc) is 2.38. The molecular formula is C12H14N2O4. The van der Waals surface area contributed by atoms with Gasteiger partial charge < -0.3 is 19.2 Å². The van der Waals surface area contributed by atoms with Crippen LogP contribution < -0.4 is 15.0 Å². The Kier molecular flexibility index (Phi) is 3.78. The Bertz CT molecular complexity index is 594. The topological polar surface area (TPSA) is 73.4 Å². The standard InChI is InChI=1S/C12H14N2O4/c1-16-3-4-18-11-5-8-9(6-10(11)17-2)14-12(15)7-13-8/h5-7H,3-4H2,1-2H3,(H,14,15). The molecule has 0 radical (unpaired) electrons. The van der Waals surface area contributed by atoms with E-state index in [0.717, 1.165) is 0 Å². The van der Waals surface area contributed by atoms with Crippen LogP contribution in [0.4, 0.5) is 0 Å². The number of nitrogens with zero attached hydrogens (tertiary/aromatic N) is 1. The average molecular weight is 250 g/mol. The zero-order valence-corrected chi connectivity index (χ0v) is 10.2. The van der Waals surface area contributed by atoms with E-state index in [1.807, 2.05) is 0 Å². The first-order valence-electron chi connectivity index (χ1n) is 5.43. The van der Waals surface area contributed by atoms with E-state index in [1.165, 1.54) is 6.20 Å². The number of nitrogens with one attached hydrogen (secondary N) is 1. The molecule has 0 bridgehead atoms. The molecule has 0 aliphatic heterocycles. The van der Waals surface area contributed by atoms with Crippen LogP contribution in [0.15, 0.2) is 23.1 Å². The van der Waals surface area contributed by atoms with Crippen molar-refractivity contribution in [3.8, 4) is 11.5 Å². The van der Waals surface area contributed by atoms with Gasteiger partial charge in [-0.05, 0) is 0 Å². The van der Waals surface area contributed by atoms with Crippen LogP contribution in [0.5, 0.6) is 11.5 Å². The molecule has 1 aromatic heterocycles. The van der Waals surface area contributed by atoms with Crippen molar-refractivity contribution in [2.45, 2.75) is 0 Å². The number of methoxy groups -OCH3 is 2. The molecule has 1 heterocycles. The molecule has 2 aromatic rings. The maximum absolute atomic E-state index is 11.2. The van der Waals surface area contributed by atoms with Gasteiger partial charge in [-0.25, -0.2) is 4.98 Å². The number of benzene rings is 1. The summed E-state index contributed by atoms with van der Waals surface area (Å²) >= 11 is 0. The van der Waals surface area contributed by atoms with Gasteiger partial charge in [0.2, 0.25) is 0 Å². The van der Waals surface area contributed by atoms with Crippen molar-refractivity contribution in [2.75, 3.05) is 27.4 Å². The van der Waals surface area contributed by atoms with Crippen LogP contribution in [-0.2, 0) is 4.74 Å². The molecule has 0 saturated heterocycles. The highest BCUT2D eigenvalue weighted by Gasteiger charge is 2.08. The molecule has 0 unspecified atom stereocenters. The lowest BCUT2D eigenvalue weighted by atomic mass is 10.2. The highest BCUT2D eigenvalue weighted by molar-refractivity contribution is 5.78. The number of fused-ring (bicyclic) bond motifs is 1. The van der Waals surface area contributed by atoms with Crippen LogP contribution in [0.2, 0.25) is 0 Å². The zero-order chi connectivity index (χ0) is 13.0. The van der Waals surface area contributed by atoms with Crippen LogP contribution in [0, 0.1) is 0 Å². The Morgan fingerprint density at radius 3 is 2.78 bits per heavy atom. The van der Waals surface area contributed by atoms with Crippen molar-refractivity contribution in [3.05, 3.63) is 28.7 Å². The second-order valence-electron chi connectivity index (χ2n) is 3.61. The van der Waals surface area contributed by atoms with Crippen LogP contribution in [0.1, 0.15) is 0 Å². The minimum Gasteiger partial charge on any atom is -0.493 e. The van der Waals surface area contributed by atoms with Crippen LogP contribution in [0.25, 0.3) is 11.0 Å². The Morgan fingerprint density at radius 1 is 1.22 bits per heavy atom. The van der Waals surface area contributed by atoms with Gasteiger partial charge in [-0.15, -0.1) is 0 Å². The summed E-state index contributed by atoms with van der Waals surface area (Å²) in [6.07, 6.45) is 1.23. The summed E-state index contributed by atoms with van der Waals surface area (Å²) in [6, 6.07) is 3.41. The molecule has 0 saturated carbocycles. The van der Waals surface area contributed by atoms with Gasteiger partial charge in [0, 0.05) is 19.2 Å². The lowest BCUT2D eigenvalue weighted by Gasteiger charge is -2.11. The largest absolute Gasteiger partial charge is 0.493 e. The quantitative estimate of drug-likeness (QED) is 0.800. The van der Waals surface area contributed by atoms with Gasteiger partial charge in [-0.2, -0.15) is 0 Å². The maximum Gasteiger partial charge on any atom is 0.266 e. The Balaban J connectivity index is 2.39. The van der Waals surface area contributed by atoms with Gasteiger partial charge in [0.05, 0.1) is 30.9 Å². The van der Waals surface area contributed by atoms with E-state index in [-0.39, 0.29) is 5.56 Å². The van der Waals surface area contributed by atoms with Crippen LogP contribution >= 0.6 is 0 Å². The van der Waals surface area contributed by atoms with Crippen molar-refractivity contribution in [3.63, 3.8) is 0 Å². The molecule has 0 fully saturated rings. The van der Waals surface area contributed by atoms with Gasteiger partial charge in [0.15, 0.2) is 11.5 Å². The first-order valence-corrected chi connectivity index (χ1v) is 5.43. The number of rotatable bonds is 5. The second-order valence-corrected chi connectivity index (χ2v) is 3.61. The third-order valence-electron chi connectivity index (χ3n) is 2.41. The molecule has 6 heteroatoms. The zero-order valence-electron chi connectivity index (χ0n) is 10.2. The van der Waals surface area contributed by atoms with E-state index in [2.05, 4.69) is 9.97 Å². The summed E-state index contributed by atoms with van der Waals surface area (Å²) in [5, 5.41) is 0. The summed E-state index contributed by atoms with van der Waals surface area (Å²) < 4.78 is 15.6. The van der Waals surface area contributed by atoms with Crippen molar-refractivity contribution in [2.24, 2.45) is 0 Å². The molecule has 0 spiro atoms. The van der Waals surface area contributed by atoms with Crippen molar-refractivity contribution < 1.29 is 14.2 Å². The molecule has 6 nitrogen and oxygen atoms in total. The fraction of sp³-hybridized carbons (Fsp3) is 0.333. The Morgan fingerprint density at radius 2 is 2.06 bits per heavy atom. The van der Waals surface area contributed by atoms with Crippen LogP contribution in [-0.4, -0.2) is 37.4 Å². The Hall–Kier alpha value is -2.08. The molecule has 1 aromatic carbocycles. The molecule has 0 aliphatic carbocycles. The lowest BCUT2D eigenvalue weighted by Crippen LogP contribution is -2.07. The van der Waals surface area contributed by atoms with Gasteiger partial charge in [-0.3, -0.25) is 4.79 Å².